The fourth-order valence-corrected chi connectivity index (χ4v) is 3.53. The van der Waals surface area contributed by atoms with Crippen LogP contribution in [0.1, 0.15) is 5.82 Å². The third-order valence-corrected chi connectivity index (χ3v) is 5.36. The Balaban J connectivity index is 1.35. The molecule has 4 rings (SSSR count). The van der Waals surface area contributed by atoms with Crippen molar-refractivity contribution < 1.29 is 23.0 Å². The molecule has 0 saturated carbocycles. The van der Waals surface area contributed by atoms with E-state index in [9.17, 15) is 13.6 Å². The van der Waals surface area contributed by atoms with Crippen molar-refractivity contribution in [2.75, 3.05) is 45.7 Å². The second-order valence-electron chi connectivity index (χ2n) is 7.36. The number of urea groups is 1. The number of piperazine rings is 1. The molecule has 2 amide bonds. The Morgan fingerprint density at radius 3 is 2.52 bits per heavy atom. The van der Waals surface area contributed by atoms with Crippen molar-refractivity contribution in [3.8, 4) is 17.2 Å². The zero-order valence-electron chi connectivity index (χ0n) is 18.2. The number of carbonyl (C=O) groups is 1. The van der Waals surface area contributed by atoms with Gasteiger partial charge in [0.15, 0.2) is 17.5 Å². The lowest BCUT2D eigenvalue weighted by Crippen LogP contribution is -2.49. The Bertz CT molecular complexity index is 1130. The van der Waals surface area contributed by atoms with Gasteiger partial charge in [-0.25, -0.2) is 13.6 Å². The Morgan fingerprint density at radius 1 is 1.03 bits per heavy atom. The van der Waals surface area contributed by atoms with Gasteiger partial charge in [0, 0.05) is 38.3 Å². The van der Waals surface area contributed by atoms with Gasteiger partial charge in [-0.15, -0.1) is 5.10 Å². The molecule has 1 fully saturated rings. The summed E-state index contributed by atoms with van der Waals surface area (Å²) in [6, 6.07) is 8.43. The smallest absolute Gasteiger partial charge is 0.322 e. The molecular weight excluding hydrogens is 436 g/mol. The molecule has 1 aliphatic rings. The second kappa shape index (κ2) is 9.77. The van der Waals surface area contributed by atoms with Crippen LogP contribution >= 0.6 is 0 Å². The number of carbonyl (C=O) groups excluding carboxylic acids is 1. The highest BCUT2D eigenvalue weighted by atomic mass is 19.2. The molecule has 2 heterocycles. The lowest BCUT2D eigenvalue weighted by atomic mass is 10.2. The number of methoxy groups -OCH3 is 2. The Kier molecular flexibility index (Phi) is 6.63. The number of benzene rings is 2. The maximum absolute atomic E-state index is 13.6. The predicted octanol–water partition coefficient (Wildman–Crippen LogP) is 2.31. The second-order valence-corrected chi connectivity index (χ2v) is 7.36. The molecule has 2 aromatic carbocycles. The van der Waals surface area contributed by atoms with Crippen molar-refractivity contribution in [1.82, 2.24) is 30.0 Å². The highest BCUT2D eigenvalue weighted by molar-refractivity contribution is 5.91. The van der Waals surface area contributed by atoms with E-state index in [-0.39, 0.29) is 6.03 Å². The SMILES string of the molecule is COc1ccc(NC(=O)N2CCN(Cc3nnnn3-c3ccc(F)c(F)c3)CC2)c(OC)c1. The van der Waals surface area contributed by atoms with Gasteiger partial charge in [-0.1, -0.05) is 0 Å². The molecule has 0 aliphatic carbocycles. The van der Waals surface area contributed by atoms with Gasteiger partial charge < -0.3 is 19.7 Å². The van der Waals surface area contributed by atoms with Crippen molar-refractivity contribution in [3.63, 3.8) is 0 Å². The molecule has 0 unspecified atom stereocenters. The number of amides is 2. The van der Waals surface area contributed by atoms with Gasteiger partial charge >= 0.3 is 6.03 Å². The molecule has 3 aromatic rings. The summed E-state index contributed by atoms with van der Waals surface area (Å²) >= 11 is 0. The molecule has 12 heteroatoms. The van der Waals surface area contributed by atoms with E-state index in [0.29, 0.717) is 61.4 Å². The van der Waals surface area contributed by atoms with Crippen LogP contribution in [0, 0.1) is 11.6 Å². The van der Waals surface area contributed by atoms with Gasteiger partial charge in [-0.05, 0) is 34.7 Å². The normalized spacial score (nSPS) is 14.2. The van der Waals surface area contributed by atoms with E-state index in [1.165, 1.54) is 17.9 Å². The summed E-state index contributed by atoms with van der Waals surface area (Å²) in [5.74, 6) is -0.284. The van der Waals surface area contributed by atoms with Gasteiger partial charge in [0.05, 0.1) is 32.1 Å². The molecule has 0 bridgehead atoms. The van der Waals surface area contributed by atoms with Crippen molar-refractivity contribution in [2.24, 2.45) is 0 Å². The molecular formula is C21H23F2N7O3. The number of aromatic nitrogens is 4. The number of tetrazole rings is 1. The third kappa shape index (κ3) is 5.00. The number of nitrogens with one attached hydrogen (secondary N) is 1. The van der Waals surface area contributed by atoms with E-state index in [1.807, 2.05) is 0 Å². The standard InChI is InChI=1S/C21H23F2N7O3/c1-32-15-4-6-18(19(12-15)33-2)24-21(31)29-9-7-28(8-10-29)13-20-25-26-27-30(20)14-3-5-16(22)17(23)11-14/h3-6,11-12H,7-10,13H2,1-2H3,(H,24,31). The lowest BCUT2D eigenvalue weighted by molar-refractivity contribution is 0.140. The van der Waals surface area contributed by atoms with Crippen LogP contribution in [0.4, 0.5) is 19.3 Å². The summed E-state index contributed by atoms with van der Waals surface area (Å²) in [5.41, 5.74) is 0.886. The van der Waals surface area contributed by atoms with Crippen molar-refractivity contribution >= 4 is 11.7 Å². The first kappa shape index (κ1) is 22.4. The molecule has 1 saturated heterocycles. The summed E-state index contributed by atoms with van der Waals surface area (Å²) in [5, 5.41) is 14.4. The minimum absolute atomic E-state index is 0.232. The van der Waals surface area contributed by atoms with E-state index < -0.39 is 11.6 Å². The van der Waals surface area contributed by atoms with E-state index in [0.717, 1.165) is 12.1 Å². The average Bonchev–Trinajstić information content (AvgIpc) is 3.29. The first-order valence-corrected chi connectivity index (χ1v) is 10.2. The molecule has 1 aromatic heterocycles. The number of ether oxygens (including phenoxy) is 2. The van der Waals surface area contributed by atoms with E-state index in [2.05, 4.69) is 25.7 Å². The minimum Gasteiger partial charge on any atom is -0.497 e. The molecule has 174 valence electrons. The summed E-state index contributed by atoms with van der Waals surface area (Å²) in [6.07, 6.45) is 0. The maximum Gasteiger partial charge on any atom is 0.322 e. The first-order valence-electron chi connectivity index (χ1n) is 10.2. The number of anilines is 1. The van der Waals surface area contributed by atoms with Gasteiger partial charge in [0.25, 0.3) is 0 Å². The number of halogens is 2. The first-order chi connectivity index (χ1) is 16.0. The molecule has 0 radical (unpaired) electrons. The Labute approximate surface area is 188 Å². The third-order valence-electron chi connectivity index (χ3n) is 5.36. The Morgan fingerprint density at radius 2 is 1.82 bits per heavy atom. The van der Waals surface area contributed by atoms with Crippen LogP contribution in [0.3, 0.4) is 0 Å². The lowest BCUT2D eigenvalue weighted by Gasteiger charge is -2.34. The zero-order chi connectivity index (χ0) is 23.4. The van der Waals surface area contributed by atoms with Crippen LogP contribution in [0.2, 0.25) is 0 Å². The minimum atomic E-state index is -0.970. The predicted molar refractivity (Wildman–Crippen MR) is 114 cm³/mol. The molecule has 33 heavy (non-hydrogen) atoms. The topological polar surface area (TPSA) is 97.6 Å². The van der Waals surface area contributed by atoms with E-state index in [4.69, 9.17) is 9.47 Å². The van der Waals surface area contributed by atoms with Crippen molar-refractivity contribution in [2.45, 2.75) is 6.54 Å². The molecule has 0 spiro atoms. The van der Waals surface area contributed by atoms with Crippen LogP contribution < -0.4 is 14.8 Å². The van der Waals surface area contributed by atoms with Crippen LogP contribution in [-0.4, -0.2) is 76.4 Å². The number of hydrogen-bond acceptors (Lipinski definition) is 7. The number of rotatable bonds is 6. The van der Waals surface area contributed by atoms with Gasteiger partial charge in [0.2, 0.25) is 0 Å². The maximum atomic E-state index is 13.6. The van der Waals surface area contributed by atoms with Crippen molar-refractivity contribution in [3.05, 3.63) is 53.9 Å². The van der Waals surface area contributed by atoms with Crippen LogP contribution in [0.15, 0.2) is 36.4 Å². The van der Waals surface area contributed by atoms with Crippen LogP contribution in [0.25, 0.3) is 5.69 Å². The van der Waals surface area contributed by atoms with Gasteiger partial charge in [0.1, 0.15) is 11.5 Å². The average molecular weight is 459 g/mol. The molecule has 1 N–H and O–H groups in total. The largest absolute Gasteiger partial charge is 0.497 e. The van der Waals surface area contributed by atoms with Gasteiger partial charge in [-0.2, -0.15) is 4.68 Å². The summed E-state index contributed by atoms with van der Waals surface area (Å²) in [6.45, 7) is 2.58. The summed E-state index contributed by atoms with van der Waals surface area (Å²) < 4.78 is 38.7. The van der Waals surface area contributed by atoms with Gasteiger partial charge in [-0.3, -0.25) is 4.90 Å². The monoisotopic (exact) mass is 459 g/mol. The fraction of sp³-hybridized carbons (Fsp3) is 0.333. The number of hydrogen-bond donors (Lipinski definition) is 1. The fourth-order valence-electron chi connectivity index (χ4n) is 3.53. The highest BCUT2D eigenvalue weighted by Crippen LogP contribution is 2.29. The van der Waals surface area contributed by atoms with Crippen LogP contribution in [0.5, 0.6) is 11.5 Å². The molecule has 1 aliphatic heterocycles. The zero-order valence-corrected chi connectivity index (χ0v) is 18.2. The summed E-state index contributed by atoms with van der Waals surface area (Å²) in [7, 11) is 3.08. The molecule has 10 nitrogen and oxygen atoms in total. The van der Waals surface area contributed by atoms with Crippen LogP contribution in [-0.2, 0) is 6.54 Å². The molecule has 0 atom stereocenters. The Hall–Kier alpha value is -3.80. The van der Waals surface area contributed by atoms with Crippen molar-refractivity contribution in [1.29, 1.82) is 0 Å². The highest BCUT2D eigenvalue weighted by Gasteiger charge is 2.24. The summed E-state index contributed by atoms with van der Waals surface area (Å²) in [4.78, 5) is 16.5. The van der Waals surface area contributed by atoms with E-state index in [1.54, 1.807) is 30.2 Å². The quantitative estimate of drug-likeness (QED) is 0.604. The van der Waals surface area contributed by atoms with E-state index >= 15 is 0 Å². The number of nitrogens with zero attached hydrogens (tertiary/aromatic N) is 6.